The van der Waals surface area contributed by atoms with E-state index in [0.717, 1.165) is 32.2 Å². The first-order chi connectivity index (χ1) is 9.61. The molecule has 6 heteroatoms. The van der Waals surface area contributed by atoms with E-state index < -0.39 is 0 Å². The number of aliphatic hydroxyl groups is 1. The minimum absolute atomic E-state index is 0.216. The number of halogens is 2. The van der Waals surface area contributed by atoms with Crippen LogP contribution in [0.3, 0.4) is 0 Å². The van der Waals surface area contributed by atoms with Crippen LogP contribution >= 0.6 is 23.2 Å². The molecule has 1 fully saturated rings. The Hall–Kier alpha value is -0.710. The van der Waals surface area contributed by atoms with Crippen LogP contribution in [0.15, 0.2) is 6.07 Å². The molecule has 1 aliphatic carbocycles. The van der Waals surface area contributed by atoms with Crippen LogP contribution in [0.25, 0.3) is 0 Å². The lowest BCUT2D eigenvalue weighted by Gasteiger charge is -2.17. The molecule has 2 unspecified atom stereocenters. The predicted octanol–water partition coefficient (Wildman–Crippen LogP) is 3.78. The van der Waals surface area contributed by atoms with E-state index in [1.54, 1.807) is 6.07 Å². The summed E-state index contributed by atoms with van der Waals surface area (Å²) in [5, 5.41) is 17.3. The normalized spacial score (nSPS) is 22.0. The van der Waals surface area contributed by atoms with Crippen LogP contribution in [0.4, 0.5) is 11.6 Å². The van der Waals surface area contributed by atoms with Crippen molar-refractivity contribution in [2.75, 3.05) is 23.7 Å². The number of aromatic nitrogens is 1. The van der Waals surface area contributed by atoms with Gasteiger partial charge in [0.15, 0.2) is 0 Å². The highest BCUT2D eigenvalue weighted by Gasteiger charge is 2.25. The third-order valence-corrected chi connectivity index (χ3v) is 4.20. The fraction of sp³-hybridized carbons (Fsp3) is 0.643. The predicted molar refractivity (Wildman–Crippen MR) is 84.9 cm³/mol. The van der Waals surface area contributed by atoms with Crippen LogP contribution in [-0.2, 0) is 0 Å². The summed E-state index contributed by atoms with van der Waals surface area (Å²) in [5.41, 5.74) is 0. The van der Waals surface area contributed by atoms with Crippen LogP contribution in [0, 0.1) is 5.92 Å². The Kier molecular flexibility index (Phi) is 5.75. The largest absolute Gasteiger partial charge is 0.393 e. The zero-order valence-electron chi connectivity index (χ0n) is 11.6. The molecule has 3 N–H and O–H groups in total. The first kappa shape index (κ1) is 15.7. The summed E-state index contributed by atoms with van der Waals surface area (Å²) in [6, 6.07) is 1.70. The Morgan fingerprint density at radius 2 is 1.95 bits per heavy atom. The Morgan fingerprint density at radius 3 is 2.55 bits per heavy atom. The molecule has 1 heterocycles. The van der Waals surface area contributed by atoms with E-state index in [2.05, 4.69) is 22.5 Å². The van der Waals surface area contributed by atoms with Crippen molar-refractivity contribution in [1.29, 1.82) is 0 Å². The Bertz CT molecular complexity index is 456. The van der Waals surface area contributed by atoms with Crippen molar-refractivity contribution in [3.63, 3.8) is 0 Å². The number of anilines is 2. The van der Waals surface area contributed by atoms with E-state index in [0.29, 0.717) is 28.2 Å². The molecule has 2 atom stereocenters. The molecule has 0 bridgehead atoms. The average Bonchev–Trinajstić information content (AvgIpc) is 2.82. The van der Waals surface area contributed by atoms with Crippen LogP contribution in [0.1, 0.15) is 32.6 Å². The van der Waals surface area contributed by atoms with Crippen molar-refractivity contribution in [3.05, 3.63) is 16.1 Å². The highest BCUT2D eigenvalue weighted by molar-refractivity contribution is 6.37. The SMILES string of the molecule is CCCNc1nc(NCC2CCCC2O)c(Cl)cc1Cl. The van der Waals surface area contributed by atoms with Crippen LogP contribution in [0.2, 0.25) is 10.0 Å². The van der Waals surface area contributed by atoms with Gasteiger partial charge in [0.1, 0.15) is 11.6 Å². The number of aliphatic hydroxyl groups excluding tert-OH is 1. The van der Waals surface area contributed by atoms with Crippen molar-refractivity contribution in [3.8, 4) is 0 Å². The molecule has 2 rings (SSSR count). The zero-order chi connectivity index (χ0) is 14.5. The summed E-state index contributed by atoms with van der Waals surface area (Å²) in [6.07, 6.45) is 3.79. The molecule has 0 aliphatic heterocycles. The molecule has 1 aromatic rings. The van der Waals surface area contributed by atoms with Gasteiger partial charge in [0.25, 0.3) is 0 Å². The summed E-state index contributed by atoms with van der Waals surface area (Å²) >= 11 is 12.3. The van der Waals surface area contributed by atoms with Gasteiger partial charge >= 0.3 is 0 Å². The van der Waals surface area contributed by atoms with Gasteiger partial charge in [-0.1, -0.05) is 36.5 Å². The van der Waals surface area contributed by atoms with E-state index >= 15 is 0 Å². The van der Waals surface area contributed by atoms with Gasteiger partial charge in [-0.2, -0.15) is 0 Å². The first-order valence-corrected chi connectivity index (χ1v) is 7.89. The lowest BCUT2D eigenvalue weighted by molar-refractivity contribution is 0.138. The molecule has 112 valence electrons. The van der Waals surface area contributed by atoms with Gasteiger partial charge in [-0.05, 0) is 25.3 Å². The average molecular weight is 318 g/mol. The second-order valence-corrected chi connectivity index (χ2v) is 6.03. The third-order valence-electron chi connectivity index (χ3n) is 3.62. The van der Waals surface area contributed by atoms with E-state index in [1.165, 1.54) is 0 Å². The second kappa shape index (κ2) is 7.34. The Labute approximate surface area is 129 Å². The van der Waals surface area contributed by atoms with Gasteiger partial charge in [0, 0.05) is 19.0 Å². The molecule has 0 spiro atoms. The van der Waals surface area contributed by atoms with Crippen molar-refractivity contribution in [1.82, 2.24) is 4.98 Å². The molecule has 0 amide bonds. The van der Waals surface area contributed by atoms with Gasteiger partial charge in [0.2, 0.25) is 0 Å². The fourth-order valence-corrected chi connectivity index (χ4v) is 2.93. The fourth-order valence-electron chi connectivity index (χ4n) is 2.44. The molecule has 1 aliphatic rings. The lowest BCUT2D eigenvalue weighted by Crippen LogP contribution is -2.22. The summed E-state index contributed by atoms with van der Waals surface area (Å²) in [4.78, 5) is 4.43. The van der Waals surface area contributed by atoms with Gasteiger partial charge in [-0.15, -0.1) is 0 Å². The molecule has 4 nitrogen and oxygen atoms in total. The molecule has 0 radical (unpaired) electrons. The minimum Gasteiger partial charge on any atom is -0.393 e. The monoisotopic (exact) mass is 317 g/mol. The molecule has 0 saturated heterocycles. The van der Waals surface area contributed by atoms with E-state index in [4.69, 9.17) is 23.2 Å². The number of nitrogens with zero attached hydrogens (tertiary/aromatic N) is 1. The number of pyridine rings is 1. The Balaban J connectivity index is 2.02. The first-order valence-electron chi connectivity index (χ1n) is 7.13. The van der Waals surface area contributed by atoms with Gasteiger partial charge < -0.3 is 15.7 Å². The van der Waals surface area contributed by atoms with E-state index in [-0.39, 0.29) is 12.0 Å². The topological polar surface area (TPSA) is 57.2 Å². The highest BCUT2D eigenvalue weighted by Crippen LogP contribution is 2.31. The maximum absolute atomic E-state index is 9.82. The van der Waals surface area contributed by atoms with E-state index in [1.807, 2.05) is 0 Å². The van der Waals surface area contributed by atoms with Gasteiger partial charge in [-0.25, -0.2) is 4.98 Å². The van der Waals surface area contributed by atoms with Crippen molar-refractivity contribution >= 4 is 34.8 Å². The maximum Gasteiger partial charge on any atom is 0.147 e. The quantitative estimate of drug-likeness (QED) is 0.747. The highest BCUT2D eigenvalue weighted by atomic mass is 35.5. The standard InChI is InChI=1S/C14H21Cl2N3O/c1-2-6-17-13-10(15)7-11(16)14(19-13)18-8-9-4-3-5-12(9)20/h7,9,12,20H,2-6,8H2,1H3,(H2,17,18,19). The van der Waals surface area contributed by atoms with Crippen molar-refractivity contribution in [2.45, 2.75) is 38.7 Å². The Morgan fingerprint density at radius 1 is 1.25 bits per heavy atom. The van der Waals surface area contributed by atoms with Crippen LogP contribution in [-0.4, -0.2) is 29.3 Å². The number of rotatable bonds is 6. The van der Waals surface area contributed by atoms with Crippen molar-refractivity contribution < 1.29 is 5.11 Å². The second-order valence-electron chi connectivity index (χ2n) is 5.22. The van der Waals surface area contributed by atoms with Crippen molar-refractivity contribution in [2.24, 2.45) is 5.92 Å². The molecule has 0 aromatic carbocycles. The number of hydrogen-bond acceptors (Lipinski definition) is 4. The summed E-state index contributed by atoms with van der Waals surface area (Å²) < 4.78 is 0. The van der Waals surface area contributed by atoms with Gasteiger partial charge in [0.05, 0.1) is 16.1 Å². The summed E-state index contributed by atoms with van der Waals surface area (Å²) in [6.45, 7) is 3.58. The number of hydrogen-bond donors (Lipinski definition) is 3. The van der Waals surface area contributed by atoms with Gasteiger partial charge in [-0.3, -0.25) is 0 Å². The molecule has 1 saturated carbocycles. The summed E-state index contributed by atoms with van der Waals surface area (Å²) in [7, 11) is 0. The lowest BCUT2D eigenvalue weighted by atomic mass is 10.1. The minimum atomic E-state index is -0.216. The summed E-state index contributed by atoms with van der Waals surface area (Å²) in [5.74, 6) is 1.54. The van der Waals surface area contributed by atoms with Crippen LogP contribution < -0.4 is 10.6 Å². The van der Waals surface area contributed by atoms with E-state index in [9.17, 15) is 5.11 Å². The van der Waals surface area contributed by atoms with Crippen LogP contribution in [0.5, 0.6) is 0 Å². The molecular weight excluding hydrogens is 297 g/mol. The maximum atomic E-state index is 9.82. The molecule has 1 aromatic heterocycles. The molecule has 20 heavy (non-hydrogen) atoms. The molecular formula is C14H21Cl2N3O. The third kappa shape index (κ3) is 3.90. The smallest absolute Gasteiger partial charge is 0.147 e. The zero-order valence-corrected chi connectivity index (χ0v) is 13.1. The number of nitrogens with one attached hydrogen (secondary N) is 2.